The van der Waals surface area contributed by atoms with Crippen molar-refractivity contribution in [2.75, 3.05) is 5.32 Å². The third-order valence-electron chi connectivity index (χ3n) is 4.79. The van der Waals surface area contributed by atoms with E-state index in [1.807, 2.05) is 0 Å². The zero-order chi connectivity index (χ0) is 23.9. The number of benzene rings is 3. The summed E-state index contributed by atoms with van der Waals surface area (Å²) in [6, 6.07) is 11.8. The molecule has 33 heavy (non-hydrogen) atoms. The third-order valence-corrected chi connectivity index (χ3v) is 5.40. The van der Waals surface area contributed by atoms with Crippen molar-refractivity contribution in [1.29, 1.82) is 0 Å². The molecule has 5 nitrogen and oxygen atoms in total. The zero-order valence-corrected chi connectivity index (χ0v) is 17.9. The van der Waals surface area contributed by atoms with Gasteiger partial charge in [0.25, 0.3) is 5.91 Å². The largest absolute Gasteiger partial charge is 0.450 e. The van der Waals surface area contributed by atoms with Gasteiger partial charge in [0, 0.05) is 11.4 Å². The summed E-state index contributed by atoms with van der Waals surface area (Å²) >= 11 is 11.6. The normalized spacial score (nSPS) is 11.7. The second kappa shape index (κ2) is 8.66. The molecule has 4 rings (SSSR count). The topological polar surface area (TPSA) is 67.2 Å². The lowest BCUT2D eigenvalue weighted by molar-refractivity contribution is -0.145. The van der Waals surface area contributed by atoms with Crippen LogP contribution in [0.5, 0.6) is 0 Å². The average Bonchev–Trinajstić information content (AvgIpc) is 3.16. The molecular weight excluding hydrogens is 485 g/mol. The van der Waals surface area contributed by atoms with E-state index in [9.17, 15) is 27.5 Å². The third kappa shape index (κ3) is 4.52. The van der Waals surface area contributed by atoms with Crippen LogP contribution in [0.25, 0.3) is 16.7 Å². The van der Waals surface area contributed by atoms with Crippen molar-refractivity contribution in [3.05, 3.63) is 87.4 Å². The SMILES string of the molecule is O=C(Nc1ccc(-n2c(C(F)(F)F)nc3cc(CO)ccc32)cc1)c1cc(F)c(Cl)cc1Cl. The Morgan fingerprint density at radius 2 is 1.73 bits per heavy atom. The number of imidazole rings is 1. The number of aliphatic hydroxyl groups excluding tert-OH is 1. The summed E-state index contributed by atoms with van der Waals surface area (Å²) in [5.41, 5.74) is 0.940. The van der Waals surface area contributed by atoms with Crippen LogP contribution < -0.4 is 5.32 Å². The second-order valence-electron chi connectivity index (χ2n) is 7.00. The molecule has 0 atom stereocenters. The predicted octanol–water partition coefficient (Wildman–Crippen LogP) is 6.23. The summed E-state index contributed by atoms with van der Waals surface area (Å²) in [6.45, 7) is -0.333. The van der Waals surface area contributed by atoms with E-state index in [1.165, 1.54) is 42.5 Å². The van der Waals surface area contributed by atoms with Crippen molar-refractivity contribution < 1.29 is 27.5 Å². The van der Waals surface area contributed by atoms with Gasteiger partial charge in [-0.1, -0.05) is 29.3 Å². The smallest absolute Gasteiger partial charge is 0.392 e. The lowest BCUT2D eigenvalue weighted by atomic mass is 10.2. The van der Waals surface area contributed by atoms with Crippen molar-refractivity contribution in [2.24, 2.45) is 0 Å². The Morgan fingerprint density at radius 3 is 2.36 bits per heavy atom. The van der Waals surface area contributed by atoms with Crippen LogP contribution in [0.15, 0.2) is 54.6 Å². The maximum Gasteiger partial charge on any atom is 0.450 e. The number of nitrogens with zero attached hydrogens (tertiary/aromatic N) is 2. The number of rotatable bonds is 4. The van der Waals surface area contributed by atoms with E-state index in [0.717, 1.165) is 16.7 Å². The maximum absolute atomic E-state index is 13.7. The van der Waals surface area contributed by atoms with Crippen molar-refractivity contribution >= 4 is 45.8 Å². The zero-order valence-electron chi connectivity index (χ0n) is 16.4. The average molecular weight is 498 g/mol. The maximum atomic E-state index is 13.7. The lowest BCUT2D eigenvalue weighted by Gasteiger charge is -2.13. The highest BCUT2D eigenvalue weighted by atomic mass is 35.5. The van der Waals surface area contributed by atoms with Gasteiger partial charge >= 0.3 is 6.18 Å². The Balaban J connectivity index is 1.69. The number of aliphatic hydroxyl groups is 1. The number of anilines is 1. The first-order valence-electron chi connectivity index (χ1n) is 9.34. The summed E-state index contributed by atoms with van der Waals surface area (Å²) < 4.78 is 55.6. The van der Waals surface area contributed by atoms with Crippen LogP contribution in [0.4, 0.5) is 23.2 Å². The quantitative estimate of drug-likeness (QED) is 0.259. The Kier molecular flexibility index (Phi) is 6.04. The van der Waals surface area contributed by atoms with E-state index >= 15 is 0 Å². The summed E-state index contributed by atoms with van der Waals surface area (Å²) in [5.74, 6) is -2.67. The van der Waals surface area contributed by atoms with Gasteiger partial charge in [-0.3, -0.25) is 9.36 Å². The predicted molar refractivity (Wildman–Crippen MR) is 116 cm³/mol. The molecule has 0 unspecified atom stereocenters. The van der Waals surface area contributed by atoms with Gasteiger partial charge in [-0.05, 0) is 54.1 Å². The molecule has 2 N–H and O–H groups in total. The van der Waals surface area contributed by atoms with E-state index in [0.29, 0.717) is 5.56 Å². The van der Waals surface area contributed by atoms with Crippen LogP contribution in [-0.2, 0) is 12.8 Å². The fourth-order valence-electron chi connectivity index (χ4n) is 3.26. The minimum Gasteiger partial charge on any atom is -0.392 e. The molecule has 0 aliphatic rings. The molecule has 0 aliphatic heterocycles. The molecule has 1 amide bonds. The molecule has 1 aromatic heterocycles. The van der Waals surface area contributed by atoms with Crippen LogP contribution in [0.1, 0.15) is 21.7 Å². The number of fused-ring (bicyclic) bond motifs is 1. The number of hydrogen-bond acceptors (Lipinski definition) is 3. The van der Waals surface area contributed by atoms with Crippen molar-refractivity contribution in [1.82, 2.24) is 9.55 Å². The first-order valence-corrected chi connectivity index (χ1v) is 10.1. The molecule has 11 heteroatoms. The number of halogens is 6. The molecular formula is C22H13Cl2F4N3O2. The summed E-state index contributed by atoms with van der Waals surface area (Å²) in [4.78, 5) is 16.1. The standard InChI is InChI=1S/C22H13Cl2F4N3O2/c23-15-9-16(24)17(25)8-14(15)20(33)29-12-2-4-13(5-3-12)31-19-6-1-11(10-32)7-18(19)30-21(31)22(26,27)28/h1-9,32H,10H2,(H,29,33). The lowest BCUT2D eigenvalue weighted by Crippen LogP contribution is -2.14. The molecule has 170 valence electrons. The van der Waals surface area contributed by atoms with Gasteiger partial charge in [-0.25, -0.2) is 9.37 Å². The Labute approximate surface area is 194 Å². The Bertz CT molecular complexity index is 1370. The molecule has 0 saturated carbocycles. The number of carbonyl (C=O) groups is 1. The Morgan fingerprint density at radius 1 is 1.03 bits per heavy atom. The van der Waals surface area contributed by atoms with Gasteiger partial charge < -0.3 is 10.4 Å². The van der Waals surface area contributed by atoms with Crippen LogP contribution in [0, 0.1) is 5.82 Å². The summed E-state index contributed by atoms with van der Waals surface area (Å²) in [5, 5.41) is 11.5. The van der Waals surface area contributed by atoms with E-state index < -0.39 is 23.7 Å². The van der Waals surface area contributed by atoms with Gasteiger partial charge in [-0.2, -0.15) is 13.2 Å². The number of carbonyl (C=O) groups excluding carboxylic acids is 1. The molecule has 0 fully saturated rings. The molecule has 0 spiro atoms. The molecule has 0 radical (unpaired) electrons. The van der Waals surface area contributed by atoms with E-state index in [4.69, 9.17) is 23.2 Å². The van der Waals surface area contributed by atoms with Gasteiger partial charge in [0.05, 0.1) is 33.2 Å². The van der Waals surface area contributed by atoms with Crippen LogP contribution in [0.3, 0.4) is 0 Å². The minimum absolute atomic E-state index is 0.0579. The summed E-state index contributed by atoms with van der Waals surface area (Å²) in [7, 11) is 0. The highest BCUT2D eigenvalue weighted by Gasteiger charge is 2.38. The van der Waals surface area contributed by atoms with Gasteiger partial charge in [-0.15, -0.1) is 0 Å². The first kappa shape index (κ1) is 23.0. The number of hydrogen-bond donors (Lipinski definition) is 2. The molecule has 0 bridgehead atoms. The molecule has 1 heterocycles. The van der Waals surface area contributed by atoms with Gasteiger partial charge in [0.15, 0.2) is 0 Å². The number of nitrogens with one attached hydrogen (secondary N) is 1. The monoisotopic (exact) mass is 497 g/mol. The molecule has 0 saturated heterocycles. The number of alkyl halides is 3. The second-order valence-corrected chi connectivity index (χ2v) is 7.81. The van der Waals surface area contributed by atoms with E-state index in [-0.39, 0.29) is 44.6 Å². The highest BCUT2D eigenvalue weighted by Crippen LogP contribution is 2.34. The van der Waals surface area contributed by atoms with Crippen LogP contribution >= 0.6 is 23.2 Å². The van der Waals surface area contributed by atoms with Gasteiger partial charge in [0.1, 0.15) is 5.82 Å². The van der Waals surface area contributed by atoms with E-state index in [2.05, 4.69) is 10.3 Å². The van der Waals surface area contributed by atoms with Crippen LogP contribution in [-0.4, -0.2) is 20.6 Å². The highest BCUT2D eigenvalue weighted by molar-refractivity contribution is 6.37. The van der Waals surface area contributed by atoms with Gasteiger partial charge in [0.2, 0.25) is 5.82 Å². The van der Waals surface area contributed by atoms with Crippen molar-refractivity contribution in [3.63, 3.8) is 0 Å². The molecule has 0 aliphatic carbocycles. The van der Waals surface area contributed by atoms with Crippen molar-refractivity contribution in [3.8, 4) is 5.69 Å². The van der Waals surface area contributed by atoms with Crippen LogP contribution in [0.2, 0.25) is 10.0 Å². The fourth-order valence-corrected chi connectivity index (χ4v) is 3.73. The number of aromatic nitrogens is 2. The minimum atomic E-state index is -4.74. The Hall–Kier alpha value is -3.14. The van der Waals surface area contributed by atoms with E-state index in [1.54, 1.807) is 0 Å². The number of amides is 1. The van der Waals surface area contributed by atoms with Crippen molar-refractivity contribution in [2.45, 2.75) is 12.8 Å². The fraction of sp³-hybridized carbons (Fsp3) is 0.0909. The summed E-state index contributed by atoms with van der Waals surface area (Å²) in [6.07, 6.45) is -4.74. The first-order chi connectivity index (χ1) is 15.6. The molecule has 3 aromatic carbocycles. The molecule has 4 aromatic rings.